The number of rotatable bonds is 4. The Kier molecular flexibility index (Phi) is 5.19. The van der Waals surface area contributed by atoms with Crippen molar-refractivity contribution >= 4 is 11.6 Å². The van der Waals surface area contributed by atoms with Gasteiger partial charge in [-0.3, -0.25) is 9.88 Å². The maximum atomic E-state index is 6.08. The first-order valence-corrected chi connectivity index (χ1v) is 9.74. The van der Waals surface area contributed by atoms with Gasteiger partial charge in [0.2, 0.25) is 0 Å². The average Bonchev–Trinajstić information content (AvgIpc) is 2.68. The molecule has 5 heteroatoms. The van der Waals surface area contributed by atoms with E-state index < -0.39 is 0 Å². The molecule has 0 amide bonds. The summed E-state index contributed by atoms with van der Waals surface area (Å²) in [5.74, 6) is 1.32. The molecule has 0 atom stereocenters. The molecule has 3 aromatic rings. The summed E-state index contributed by atoms with van der Waals surface area (Å²) < 4.78 is 0. The van der Waals surface area contributed by atoms with Crippen molar-refractivity contribution in [2.75, 3.05) is 6.54 Å². The van der Waals surface area contributed by atoms with E-state index in [2.05, 4.69) is 40.8 Å². The van der Waals surface area contributed by atoms with Gasteiger partial charge in [0.15, 0.2) is 0 Å². The number of halogens is 1. The predicted molar refractivity (Wildman–Crippen MR) is 109 cm³/mol. The molecule has 138 valence electrons. The molecule has 27 heavy (non-hydrogen) atoms. The van der Waals surface area contributed by atoms with Gasteiger partial charge in [0.1, 0.15) is 5.82 Å². The zero-order valence-corrected chi connectivity index (χ0v) is 16.4. The Morgan fingerprint density at radius 2 is 2.00 bits per heavy atom. The van der Waals surface area contributed by atoms with Gasteiger partial charge in [-0.25, -0.2) is 9.97 Å². The van der Waals surface area contributed by atoms with E-state index in [-0.39, 0.29) is 0 Å². The minimum Gasteiger partial charge on any atom is -0.294 e. The Hall–Kier alpha value is -2.30. The number of hydrogen-bond acceptors (Lipinski definition) is 4. The first-order chi connectivity index (χ1) is 13.1. The molecule has 0 N–H and O–H groups in total. The van der Waals surface area contributed by atoms with E-state index in [9.17, 15) is 0 Å². The van der Waals surface area contributed by atoms with E-state index >= 15 is 0 Å². The molecule has 0 bridgehead atoms. The highest BCUT2D eigenvalue weighted by molar-refractivity contribution is 6.30. The molecule has 0 spiro atoms. The highest BCUT2D eigenvalue weighted by atomic mass is 35.5. The Morgan fingerprint density at radius 3 is 2.74 bits per heavy atom. The Balaban J connectivity index is 1.44. The standard InChI is InChI=1S/C22H23ClN4/c1-15(2)22-25-12-18-14-27(9-8-21(18)26-22)13-16-6-7-20(24-11-16)17-4-3-5-19(23)10-17/h3-7,10-12,15H,8-9,13-14H2,1-2H3. The summed E-state index contributed by atoms with van der Waals surface area (Å²) in [5.41, 5.74) is 5.65. The van der Waals surface area contributed by atoms with Gasteiger partial charge in [-0.05, 0) is 23.8 Å². The summed E-state index contributed by atoms with van der Waals surface area (Å²) >= 11 is 6.08. The maximum absolute atomic E-state index is 6.08. The molecule has 4 nitrogen and oxygen atoms in total. The smallest absolute Gasteiger partial charge is 0.131 e. The molecule has 0 fully saturated rings. The number of benzene rings is 1. The van der Waals surface area contributed by atoms with Gasteiger partial charge in [-0.2, -0.15) is 0 Å². The fourth-order valence-electron chi connectivity index (χ4n) is 3.40. The monoisotopic (exact) mass is 378 g/mol. The van der Waals surface area contributed by atoms with E-state index in [0.717, 1.165) is 48.2 Å². The number of pyridine rings is 1. The van der Waals surface area contributed by atoms with Crippen LogP contribution in [0.3, 0.4) is 0 Å². The third-order valence-corrected chi connectivity index (χ3v) is 5.13. The first-order valence-electron chi connectivity index (χ1n) is 9.36. The van der Waals surface area contributed by atoms with Crippen LogP contribution in [-0.2, 0) is 19.5 Å². The fraction of sp³-hybridized carbons (Fsp3) is 0.318. The molecule has 4 rings (SSSR count). The van der Waals surface area contributed by atoms with E-state index in [4.69, 9.17) is 16.6 Å². The van der Waals surface area contributed by atoms with Crippen molar-refractivity contribution in [2.45, 2.75) is 39.3 Å². The molecular weight excluding hydrogens is 356 g/mol. The third-order valence-electron chi connectivity index (χ3n) is 4.90. The Morgan fingerprint density at radius 1 is 1.11 bits per heavy atom. The van der Waals surface area contributed by atoms with Crippen LogP contribution in [0.25, 0.3) is 11.3 Å². The Labute approximate surface area is 165 Å². The average molecular weight is 379 g/mol. The summed E-state index contributed by atoms with van der Waals surface area (Å²) in [6, 6.07) is 12.0. The zero-order chi connectivity index (χ0) is 18.8. The second kappa shape index (κ2) is 7.75. The van der Waals surface area contributed by atoms with Crippen molar-refractivity contribution in [2.24, 2.45) is 0 Å². The van der Waals surface area contributed by atoms with E-state index in [1.165, 1.54) is 16.8 Å². The van der Waals surface area contributed by atoms with Crippen molar-refractivity contribution in [3.8, 4) is 11.3 Å². The molecule has 0 radical (unpaired) electrons. The van der Waals surface area contributed by atoms with Gasteiger partial charge in [0, 0.05) is 66.2 Å². The molecule has 3 heterocycles. The van der Waals surface area contributed by atoms with Gasteiger partial charge in [0.25, 0.3) is 0 Å². The van der Waals surface area contributed by atoms with Crippen molar-refractivity contribution in [1.82, 2.24) is 19.9 Å². The van der Waals surface area contributed by atoms with Crippen molar-refractivity contribution in [1.29, 1.82) is 0 Å². The van der Waals surface area contributed by atoms with E-state index in [0.29, 0.717) is 5.92 Å². The summed E-state index contributed by atoms with van der Waals surface area (Å²) in [6.45, 7) is 7.06. The van der Waals surface area contributed by atoms with Crippen LogP contribution >= 0.6 is 11.6 Å². The number of aromatic nitrogens is 3. The lowest BCUT2D eigenvalue weighted by molar-refractivity contribution is 0.242. The molecule has 1 aromatic carbocycles. The van der Waals surface area contributed by atoms with Crippen LogP contribution in [0, 0.1) is 0 Å². The minimum absolute atomic E-state index is 0.373. The minimum atomic E-state index is 0.373. The number of fused-ring (bicyclic) bond motifs is 1. The third kappa shape index (κ3) is 4.18. The summed E-state index contributed by atoms with van der Waals surface area (Å²) in [6.07, 6.45) is 4.94. The Bertz CT molecular complexity index is 937. The normalized spacial score (nSPS) is 14.4. The molecule has 2 aromatic heterocycles. The fourth-order valence-corrected chi connectivity index (χ4v) is 3.59. The molecule has 0 aliphatic carbocycles. The second-order valence-electron chi connectivity index (χ2n) is 7.38. The summed E-state index contributed by atoms with van der Waals surface area (Å²) in [4.78, 5) is 16.3. The van der Waals surface area contributed by atoms with Crippen molar-refractivity contribution in [3.05, 3.63) is 76.5 Å². The lowest BCUT2D eigenvalue weighted by Gasteiger charge is -2.28. The topological polar surface area (TPSA) is 41.9 Å². The zero-order valence-electron chi connectivity index (χ0n) is 15.7. The van der Waals surface area contributed by atoms with Gasteiger partial charge < -0.3 is 0 Å². The van der Waals surface area contributed by atoms with Crippen LogP contribution in [0.15, 0.2) is 48.8 Å². The van der Waals surface area contributed by atoms with Gasteiger partial charge >= 0.3 is 0 Å². The molecule has 0 saturated heterocycles. The van der Waals surface area contributed by atoms with Gasteiger partial charge in [-0.15, -0.1) is 0 Å². The van der Waals surface area contributed by atoms with Crippen LogP contribution in [-0.4, -0.2) is 26.4 Å². The highest BCUT2D eigenvalue weighted by Crippen LogP contribution is 2.23. The highest BCUT2D eigenvalue weighted by Gasteiger charge is 2.19. The quantitative estimate of drug-likeness (QED) is 0.649. The van der Waals surface area contributed by atoms with Crippen LogP contribution in [0.1, 0.15) is 42.4 Å². The van der Waals surface area contributed by atoms with Gasteiger partial charge in [0.05, 0.1) is 5.69 Å². The summed E-state index contributed by atoms with van der Waals surface area (Å²) in [5, 5.41) is 0.730. The largest absolute Gasteiger partial charge is 0.294 e. The molecule has 0 saturated carbocycles. The van der Waals surface area contributed by atoms with E-state index in [1.807, 2.05) is 36.7 Å². The lowest BCUT2D eigenvalue weighted by Crippen LogP contribution is -2.31. The van der Waals surface area contributed by atoms with Crippen LogP contribution in [0.5, 0.6) is 0 Å². The maximum Gasteiger partial charge on any atom is 0.131 e. The van der Waals surface area contributed by atoms with Crippen molar-refractivity contribution < 1.29 is 0 Å². The lowest BCUT2D eigenvalue weighted by atomic mass is 10.1. The van der Waals surface area contributed by atoms with Crippen LogP contribution in [0.2, 0.25) is 5.02 Å². The van der Waals surface area contributed by atoms with Crippen LogP contribution in [0.4, 0.5) is 0 Å². The number of nitrogens with zero attached hydrogens (tertiary/aromatic N) is 4. The molecule has 1 aliphatic rings. The van der Waals surface area contributed by atoms with E-state index in [1.54, 1.807) is 0 Å². The second-order valence-corrected chi connectivity index (χ2v) is 7.81. The molecular formula is C22H23ClN4. The summed E-state index contributed by atoms with van der Waals surface area (Å²) in [7, 11) is 0. The predicted octanol–water partition coefficient (Wildman–Crippen LogP) is 4.87. The van der Waals surface area contributed by atoms with Gasteiger partial charge in [-0.1, -0.05) is 43.6 Å². The number of hydrogen-bond donors (Lipinski definition) is 0. The first kappa shape index (κ1) is 18.1. The van der Waals surface area contributed by atoms with Crippen LogP contribution < -0.4 is 0 Å². The molecule has 1 aliphatic heterocycles. The van der Waals surface area contributed by atoms with Crippen molar-refractivity contribution in [3.63, 3.8) is 0 Å². The SMILES string of the molecule is CC(C)c1ncc2c(n1)CCN(Cc1ccc(-c3cccc(Cl)c3)nc1)C2. The molecule has 0 unspecified atom stereocenters.